The minimum absolute atomic E-state index is 0.0469. The molecule has 0 bridgehead atoms. The first-order valence-corrected chi connectivity index (χ1v) is 6.91. The van der Waals surface area contributed by atoms with E-state index in [4.69, 9.17) is 14.6 Å². The number of cyclic esters (lactones) is 1. The van der Waals surface area contributed by atoms with Gasteiger partial charge in [0.1, 0.15) is 17.6 Å². The van der Waals surface area contributed by atoms with Crippen molar-refractivity contribution < 1.29 is 39.5 Å². The highest BCUT2D eigenvalue weighted by molar-refractivity contribution is 5.82. The third kappa shape index (κ3) is 3.08. The summed E-state index contributed by atoms with van der Waals surface area (Å²) in [5.41, 5.74) is -1.52. The van der Waals surface area contributed by atoms with E-state index in [1.807, 2.05) is 0 Å². The summed E-state index contributed by atoms with van der Waals surface area (Å²) in [5, 5.41) is 38.7. The highest BCUT2D eigenvalue weighted by Gasteiger charge is 2.54. The molecule has 0 spiro atoms. The first-order chi connectivity index (χ1) is 10.7. The fourth-order valence-corrected chi connectivity index (χ4v) is 2.42. The third-order valence-electron chi connectivity index (χ3n) is 3.86. The van der Waals surface area contributed by atoms with Crippen LogP contribution in [0.1, 0.15) is 30.6 Å². The molecule has 2 rings (SSSR count). The lowest BCUT2D eigenvalue weighted by molar-refractivity contribution is -0.155. The molecule has 1 aromatic carbocycles. The number of phenolic OH excluding ortho intramolecular Hbond substituents is 1. The number of aliphatic hydroxyl groups is 2. The number of benzene rings is 1. The zero-order valence-corrected chi connectivity index (χ0v) is 12.6. The molecule has 0 saturated carbocycles. The minimum Gasteiger partial charge on any atom is -0.508 e. The van der Waals surface area contributed by atoms with Crippen LogP contribution in [0.3, 0.4) is 0 Å². The molecule has 8 nitrogen and oxygen atoms in total. The van der Waals surface area contributed by atoms with E-state index < -0.39 is 29.7 Å². The Labute approximate surface area is 131 Å². The van der Waals surface area contributed by atoms with E-state index in [2.05, 4.69) is 0 Å². The summed E-state index contributed by atoms with van der Waals surface area (Å²) < 4.78 is 10.1. The predicted octanol–water partition coefficient (Wildman–Crippen LogP) is 0.128. The fraction of sp³-hybridized carbons (Fsp3) is 0.467. The topological polar surface area (TPSA) is 134 Å². The summed E-state index contributed by atoms with van der Waals surface area (Å²) >= 11 is 0. The second kappa shape index (κ2) is 6.05. The molecule has 0 radical (unpaired) electrons. The number of aliphatic hydroxyl groups excluding tert-OH is 1. The van der Waals surface area contributed by atoms with E-state index in [1.165, 1.54) is 19.2 Å². The van der Waals surface area contributed by atoms with E-state index in [9.17, 15) is 24.9 Å². The van der Waals surface area contributed by atoms with Gasteiger partial charge in [-0.1, -0.05) is 0 Å². The van der Waals surface area contributed by atoms with Gasteiger partial charge in [-0.25, -0.2) is 4.79 Å². The zero-order chi connectivity index (χ0) is 17.4. The van der Waals surface area contributed by atoms with E-state index in [0.29, 0.717) is 5.56 Å². The Morgan fingerprint density at radius 1 is 1.43 bits per heavy atom. The third-order valence-corrected chi connectivity index (χ3v) is 3.86. The van der Waals surface area contributed by atoms with Crippen LogP contribution in [0.4, 0.5) is 0 Å². The molecule has 1 aromatic rings. The summed E-state index contributed by atoms with van der Waals surface area (Å²) in [4.78, 5) is 22.3. The van der Waals surface area contributed by atoms with Gasteiger partial charge >= 0.3 is 11.9 Å². The highest BCUT2D eigenvalue weighted by Crippen LogP contribution is 2.42. The Bertz CT molecular complexity index is 637. The molecule has 0 aliphatic carbocycles. The van der Waals surface area contributed by atoms with Crippen molar-refractivity contribution in [1.29, 1.82) is 0 Å². The number of carboxylic acids is 1. The number of aliphatic carboxylic acids is 1. The van der Waals surface area contributed by atoms with Crippen molar-refractivity contribution in [2.24, 2.45) is 0 Å². The van der Waals surface area contributed by atoms with Crippen LogP contribution in [0.2, 0.25) is 0 Å². The maximum absolute atomic E-state index is 11.7. The number of aryl methyl sites for hydroxylation is 1. The Morgan fingerprint density at radius 3 is 2.57 bits per heavy atom. The van der Waals surface area contributed by atoms with E-state index in [0.717, 1.165) is 6.92 Å². The first-order valence-electron chi connectivity index (χ1n) is 6.91. The van der Waals surface area contributed by atoms with Gasteiger partial charge in [0.15, 0.2) is 11.7 Å². The van der Waals surface area contributed by atoms with Crippen LogP contribution < -0.4 is 4.74 Å². The van der Waals surface area contributed by atoms with Gasteiger partial charge in [-0.3, -0.25) is 4.79 Å². The van der Waals surface area contributed by atoms with Gasteiger partial charge in [0.25, 0.3) is 0 Å². The smallest absolute Gasteiger partial charge is 0.341 e. The summed E-state index contributed by atoms with van der Waals surface area (Å²) in [6.07, 6.45) is -2.87. The molecular weight excluding hydrogens is 308 g/mol. The van der Waals surface area contributed by atoms with Crippen molar-refractivity contribution in [2.75, 3.05) is 7.11 Å². The Hall–Kier alpha value is -2.32. The van der Waals surface area contributed by atoms with Crippen LogP contribution in [-0.2, 0) is 20.7 Å². The molecular formula is C15H18O8. The number of carbonyl (C=O) groups is 2. The number of rotatable bonds is 5. The van der Waals surface area contributed by atoms with Crippen molar-refractivity contribution in [1.82, 2.24) is 0 Å². The number of aromatic hydroxyl groups is 1. The first kappa shape index (κ1) is 17.0. The van der Waals surface area contributed by atoms with Gasteiger partial charge in [-0.05, 0) is 25.0 Å². The molecule has 1 saturated heterocycles. The van der Waals surface area contributed by atoms with Crippen LogP contribution in [0.15, 0.2) is 12.1 Å². The lowest BCUT2D eigenvalue weighted by Gasteiger charge is -2.21. The number of hydrogen-bond donors (Lipinski definition) is 4. The van der Waals surface area contributed by atoms with E-state index >= 15 is 0 Å². The standard InChI is InChI=1S/C15H18O8/c1-15(21)13(19)12(23-14(15)20)8-5-7(3-4-11(17)18)9(16)6-10(8)22-2/h5-6,12-13,16,19,21H,3-4H2,1-2H3,(H,17,18)/t12-,13-,15-/m0/s1. The number of phenols is 1. The van der Waals surface area contributed by atoms with Gasteiger partial charge in [0.05, 0.1) is 7.11 Å². The summed E-state index contributed by atoms with van der Waals surface area (Å²) in [6.45, 7) is 1.14. The average molecular weight is 326 g/mol. The predicted molar refractivity (Wildman–Crippen MR) is 76.1 cm³/mol. The number of carbonyl (C=O) groups excluding carboxylic acids is 1. The maximum Gasteiger partial charge on any atom is 0.341 e. The zero-order valence-electron chi connectivity index (χ0n) is 12.6. The van der Waals surface area contributed by atoms with Gasteiger partial charge in [0, 0.05) is 18.1 Å². The molecule has 3 atom stereocenters. The summed E-state index contributed by atoms with van der Waals surface area (Å²) in [6, 6.07) is 2.65. The second-order valence-electron chi connectivity index (χ2n) is 5.53. The van der Waals surface area contributed by atoms with Crippen molar-refractivity contribution in [2.45, 2.75) is 37.6 Å². The Kier molecular flexibility index (Phi) is 4.49. The van der Waals surface area contributed by atoms with Crippen molar-refractivity contribution in [3.05, 3.63) is 23.3 Å². The van der Waals surface area contributed by atoms with Crippen LogP contribution in [-0.4, -0.2) is 51.2 Å². The number of carboxylic acid groups (broad SMARTS) is 1. The normalized spacial score (nSPS) is 26.9. The Morgan fingerprint density at radius 2 is 2.09 bits per heavy atom. The molecule has 8 heteroatoms. The monoisotopic (exact) mass is 326 g/mol. The van der Waals surface area contributed by atoms with Gasteiger partial charge in [0.2, 0.25) is 0 Å². The van der Waals surface area contributed by atoms with Crippen molar-refractivity contribution in [3.8, 4) is 11.5 Å². The second-order valence-corrected chi connectivity index (χ2v) is 5.53. The van der Waals surface area contributed by atoms with Crippen LogP contribution in [0, 0.1) is 0 Å². The number of esters is 1. The summed E-state index contributed by atoms with van der Waals surface area (Å²) in [5.74, 6) is -2.03. The maximum atomic E-state index is 11.7. The molecule has 1 aliphatic heterocycles. The lowest BCUT2D eigenvalue weighted by Crippen LogP contribution is -2.41. The molecule has 0 unspecified atom stereocenters. The van der Waals surface area contributed by atoms with Gasteiger partial charge < -0.3 is 29.9 Å². The highest BCUT2D eigenvalue weighted by atomic mass is 16.6. The van der Waals surface area contributed by atoms with E-state index in [1.54, 1.807) is 0 Å². The molecule has 1 heterocycles. The summed E-state index contributed by atoms with van der Waals surface area (Å²) in [7, 11) is 1.33. The number of methoxy groups -OCH3 is 1. The van der Waals surface area contributed by atoms with E-state index in [-0.39, 0.29) is 29.9 Å². The van der Waals surface area contributed by atoms with Gasteiger partial charge in [-0.2, -0.15) is 0 Å². The fourth-order valence-electron chi connectivity index (χ4n) is 2.42. The van der Waals surface area contributed by atoms with Crippen molar-refractivity contribution in [3.63, 3.8) is 0 Å². The largest absolute Gasteiger partial charge is 0.508 e. The van der Waals surface area contributed by atoms with Crippen LogP contribution >= 0.6 is 0 Å². The molecule has 126 valence electrons. The molecule has 1 aliphatic rings. The van der Waals surface area contributed by atoms with Crippen LogP contribution in [0.5, 0.6) is 11.5 Å². The van der Waals surface area contributed by atoms with Gasteiger partial charge in [-0.15, -0.1) is 0 Å². The quantitative estimate of drug-likeness (QED) is 0.561. The SMILES string of the molecule is COc1cc(O)c(CCC(=O)O)cc1[C@@H]1OC(=O)[C@@](C)(O)[C@H]1O. The van der Waals surface area contributed by atoms with Crippen LogP contribution in [0.25, 0.3) is 0 Å². The lowest BCUT2D eigenvalue weighted by atomic mass is 9.92. The van der Waals surface area contributed by atoms with Crippen molar-refractivity contribution >= 4 is 11.9 Å². The Balaban J connectivity index is 2.42. The molecule has 4 N–H and O–H groups in total. The minimum atomic E-state index is -2.06. The molecule has 0 aromatic heterocycles. The molecule has 23 heavy (non-hydrogen) atoms. The number of ether oxygens (including phenoxy) is 2. The number of hydrogen-bond acceptors (Lipinski definition) is 7. The average Bonchev–Trinajstić information content (AvgIpc) is 2.68. The molecule has 0 amide bonds. The molecule has 1 fully saturated rings.